The SMILES string of the molecule is CCCn1nc(C(=O)N2CCCC(NS(C)(=O)=O)C2)ccc1=O. The second-order valence-corrected chi connectivity index (χ2v) is 7.54. The molecule has 0 saturated carbocycles. The van der Waals surface area contributed by atoms with Gasteiger partial charge in [-0.1, -0.05) is 6.92 Å². The number of piperidine rings is 1. The number of carbonyl (C=O) groups excluding carboxylic acids is 1. The molecular weight excluding hydrogens is 320 g/mol. The number of rotatable bonds is 5. The molecule has 1 unspecified atom stereocenters. The maximum Gasteiger partial charge on any atom is 0.274 e. The van der Waals surface area contributed by atoms with Crippen molar-refractivity contribution in [1.82, 2.24) is 19.4 Å². The van der Waals surface area contributed by atoms with Crippen LogP contribution in [0.1, 0.15) is 36.7 Å². The average molecular weight is 342 g/mol. The van der Waals surface area contributed by atoms with Crippen LogP contribution in [-0.4, -0.2) is 54.4 Å². The first-order valence-corrected chi connectivity index (χ1v) is 9.54. The van der Waals surface area contributed by atoms with Crippen LogP contribution in [0, 0.1) is 0 Å². The predicted octanol–water partition coefficient (Wildman–Crippen LogP) is -0.193. The summed E-state index contributed by atoms with van der Waals surface area (Å²) in [5.74, 6) is -0.283. The molecular formula is C14H22N4O4S. The van der Waals surface area contributed by atoms with Gasteiger partial charge in [-0.15, -0.1) is 0 Å². The molecule has 23 heavy (non-hydrogen) atoms. The Morgan fingerprint density at radius 2 is 2.17 bits per heavy atom. The molecule has 2 heterocycles. The lowest BCUT2D eigenvalue weighted by atomic mass is 10.1. The van der Waals surface area contributed by atoms with E-state index >= 15 is 0 Å². The van der Waals surface area contributed by atoms with E-state index in [1.54, 1.807) is 4.90 Å². The molecule has 1 aromatic rings. The summed E-state index contributed by atoms with van der Waals surface area (Å²) in [7, 11) is -3.31. The van der Waals surface area contributed by atoms with Crippen LogP contribution in [0.25, 0.3) is 0 Å². The van der Waals surface area contributed by atoms with Gasteiger partial charge in [0, 0.05) is 31.7 Å². The third-order valence-corrected chi connectivity index (χ3v) is 4.37. The summed E-state index contributed by atoms with van der Waals surface area (Å²) < 4.78 is 26.5. The van der Waals surface area contributed by atoms with Crippen molar-refractivity contribution in [1.29, 1.82) is 0 Å². The van der Waals surface area contributed by atoms with Crippen molar-refractivity contribution in [2.45, 2.75) is 38.8 Å². The summed E-state index contributed by atoms with van der Waals surface area (Å²) in [6.07, 6.45) is 3.26. The predicted molar refractivity (Wildman–Crippen MR) is 85.7 cm³/mol. The smallest absolute Gasteiger partial charge is 0.274 e. The van der Waals surface area contributed by atoms with E-state index < -0.39 is 10.0 Å². The molecule has 1 aromatic heterocycles. The Balaban J connectivity index is 2.13. The highest BCUT2D eigenvalue weighted by atomic mass is 32.2. The fraction of sp³-hybridized carbons (Fsp3) is 0.643. The minimum absolute atomic E-state index is 0.207. The maximum atomic E-state index is 12.5. The zero-order valence-corrected chi connectivity index (χ0v) is 14.2. The Bertz CT molecular complexity index is 729. The maximum absolute atomic E-state index is 12.5. The van der Waals surface area contributed by atoms with Gasteiger partial charge < -0.3 is 4.90 Å². The van der Waals surface area contributed by atoms with Crippen LogP contribution < -0.4 is 10.3 Å². The topological polar surface area (TPSA) is 101 Å². The van der Waals surface area contributed by atoms with Gasteiger partial charge in [-0.3, -0.25) is 9.59 Å². The fourth-order valence-electron chi connectivity index (χ4n) is 2.66. The van der Waals surface area contributed by atoms with Crippen molar-refractivity contribution in [2.24, 2.45) is 0 Å². The second-order valence-electron chi connectivity index (χ2n) is 5.76. The number of aryl methyl sites for hydroxylation is 1. The number of hydrogen-bond acceptors (Lipinski definition) is 5. The number of carbonyl (C=O) groups is 1. The minimum atomic E-state index is -3.31. The first kappa shape index (κ1) is 17.6. The van der Waals surface area contributed by atoms with Crippen LogP contribution >= 0.6 is 0 Å². The van der Waals surface area contributed by atoms with E-state index in [0.29, 0.717) is 32.5 Å². The van der Waals surface area contributed by atoms with Crippen LogP contribution in [0.2, 0.25) is 0 Å². The molecule has 1 aliphatic rings. The monoisotopic (exact) mass is 342 g/mol. The minimum Gasteiger partial charge on any atom is -0.336 e. The Morgan fingerprint density at radius 3 is 2.83 bits per heavy atom. The van der Waals surface area contributed by atoms with Crippen molar-refractivity contribution in [3.8, 4) is 0 Å². The summed E-state index contributed by atoms with van der Waals surface area (Å²) in [5.41, 5.74) is -0.0308. The van der Waals surface area contributed by atoms with E-state index in [1.165, 1.54) is 16.8 Å². The Hall–Kier alpha value is -1.74. The molecule has 0 spiro atoms. The van der Waals surface area contributed by atoms with Crippen molar-refractivity contribution < 1.29 is 13.2 Å². The zero-order chi connectivity index (χ0) is 17.0. The van der Waals surface area contributed by atoms with Gasteiger partial charge >= 0.3 is 0 Å². The van der Waals surface area contributed by atoms with E-state index in [0.717, 1.165) is 12.7 Å². The van der Waals surface area contributed by atoms with E-state index in [1.807, 2.05) is 6.92 Å². The number of aromatic nitrogens is 2. The van der Waals surface area contributed by atoms with Crippen molar-refractivity contribution in [2.75, 3.05) is 19.3 Å². The van der Waals surface area contributed by atoms with Crippen molar-refractivity contribution in [3.05, 3.63) is 28.2 Å². The Kier molecular flexibility index (Phi) is 5.53. The molecule has 2 rings (SSSR count). The second kappa shape index (κ2) is 7.22. The molecule has 1 amide bonds. The third kappa shape index (κ3) is 4.87. The summed E-state index contributed by atoms with van der Waals surface area (Å²) in [5, 5.41) is 4.11. The summed E-state index contributed by atoms with van der Waals surface area (Å²) in [6.45, 7) is 3.24. The lowest BCUT2D eigenvalue weighted by Gasteiger charge is -2.32. The van der Waals surface area contributed by atoms with Gasteiger partial charge in [0.1, 0.15) is 5.69 Å². The molecule has 128 valence electrons. The number of nitrogens with one attached hydrogen (secondary N) is 1. The number of sulfonamides is 1. The molecule has 9 heteroatoms. The lowest BCUT2D eigenvalue weighted by molar-refractivity contribution is 0.0694. The van der Waals surface area contributed by atoms with Gasteiger partial charge in [-0.2, -0.15) is 5.10 Å². The van der Waals surface area contributed by atoms with Crippen LogP contribution in [0.15, 0.2) is 16.9 Å². The van der Waals surface area contributed by atoms with Crippen LogP contribution in [0.4, 0.5) is 0 Å². The zero-order valence-electron chi connectivity index (χ0n) is 13.4. The molecule has 0 bridgehead atoms. The van der Waals surface area contributed by atoms with E-state index in [4.69, 9.17) is 0 Å². The summed E-state index contributed by atoms with van der Waals surface area (Å²) >= 11 is 0. The highest BCUT2D eigenvalue weighted by molar-refractivity contribution is 7.88. The number of likely N-dealkylation sites (tertiary alicyclic amines) is 1. The van der Waals surface area contributed by atoms with Gasteiger partial charge in [0.2, 0.25) is 10.0 Å². The molecule has 1 saturated heterocycles. The van der Waals surface area contributed by atoms with Crippen LogP contribution in [0.3, 0.4) is 0 Å². The van der Waals surface area contributed by atoms with Gasteiger partial charge in [-0.25, -0.2) is 17.8 Å². The summed E-state index contributed by atoms with van der Waals surface area (Å²) in [4.78, 5) is 25.8. The highest BCUT2D eigenvalue weighted by Gasteiger charge is 2.27. The lowest BCUT2D eigenvalue weighted by Crippen LogP contribution is -2.49. The molecule has 0 radical (unpaired) electrons. The van der Waals surface area contributed by atoms with Gasteiger partial charge in [0.25, 0.3) is 11.5 Å². The largest absolute Gasteiger partial charge is 0.336 e. The van der Waals surface area contributed by atoms with Gasteiger partial charge in [0.05, 0.1) is 6.26 Å². The number of hydrogen-bond donors (Lipinski definition) is 1. The van der Waals surface area contributed by atoms with E-state index in [-0.39, 0.29) is 23.2 Å². The first-order valence-electron chi connectivity index (χ1n) is 7.65. The molecule has 0 aliphatic carbocycles. The van der Waals surface area contributed by atoms with Gasteiger partial charge in [0.15, 0.2) is 0 Å². The molecule has 1 N–H and O–H groups in total. The molecule has 1 fully saturated rings. The first-order chi connectivity index (χ1) is 10.8. The van der Waals surface area contributed by atoms with Crippen LogP contribution in [-0.2, 0) is 16.6 Å². The third-order valence-electron chi connectivity index (χ3n) is 3.61. The molecule has 1 atom stereocenters. The quantitative estimate of drug-likeness (QED) is 0.799. The normalized spacial score (nSPS) is 18.9. The van der Waals surface area contributed by atoms with Crippen molar-refractivity contribution in [3.63, 3.8) is 0 Å². The number of nitrogens with zero attached hydrogens (tertiary/aromatic N) is 3. The molecule has 0 aromatic carbocycles. The number of amides is 1. The molecule has 8 nitrogen and oxygen atoms in total. The van der Waals surface area contributed by atoms with Crippen LogP contribution in [0.5, 0.6) is 0 Å². The standard InChI is InChI=1S/C14H22N4O4S/c1-3-8-18-13(19)7-6-12(15-18)14(20)17-9-4-5-11(10-17)16-23(2,21)22/h6-7,11,16H,3-5,8-10H2,1-2H3. The fourth-order valence-corrected chi connectivity index (χ4v) is 3.46. The molecule has 1 aliphatic heterocycles. The summed E-state index contributed by atoms with van der Waals surface area (Å²) in [6, 6.07) is 2.47. The highest BCUT2D eigenvalue weighted by Crippen LogP contribution is 2.13. The Morgan fingerprint density at radius 1 is 1.43 bits per heavy atom. The Labute approximate surface area is 135 Å². The van der Waals surface area contributed by atoms with E-state index in [9.17, 15) is 18.0 Å². The van der Waals surface area contributed by atoms with E-state index in [2.05, 4.69) is 9.82 Å². The van der Waals surface area contributed by atoms with Crippen molar-refractivity contribution >= 4 is 15.9 Å². The van der Waals surface area contributed by atoms with Gasteiger partial charge in [-0.05, 0) is 25.3 Å². The average Bonchev–Trinajstić information content (AvgIpc) is 2.47.